The van der Waals surface area contributed by atoms with Crippen LogP contribution in [0.2, 0.25) is 0 Å². The Balaban J connectivity index is 1.90. The first kappa shape index (κ1) is 17.7. The van der Waals surface area contributed by atoms with Crippen LogP contribution in [0.3, 0.4) is 0 Å². The molecule has 0 atom stereocenters. The lowest BCUT2D eigenvalue weighted by atomic mass is 10.2. The lowest BCUT2D eigenvalue weighted by molar-refractivity contribution is -0.120. The molecule has 1 amide bonds. The fourth-order valence-corrected chi connectivity index (χ4v) is 2.22. The van der Waals surface area contributed by atoms with Crippen molar-refractivity contribution in [1.29, 1.82) is 0 Å². The number of hydrogen-bond acceptors (Lipinski definition) is 5. The number of halogens is 1. The number of rotatable bonds is 6. The first-order valence-corrected chi connectivity index (χ1v) is 7.78. The maximum absolute atomic E-state index is 11.9. The second kappa shape index (κ2) is 8.83. The van der Waals surface area contributed by atoms with E-state index in [0.717, 1.165) is 10.0 Å². The minimum absolute atomic E-state index is 0.269. The summed E-state index contributed by atoms with van der Waals surface area (Å²) in [4.78, 5) is 28.5. The number of nitrogens with zero attached hydrogens (tertiary/aromatic N) is 1. The largest absolute Gasteiger partial charge is 0.465 e. The number of amides is 1. The summed E-state index contributed by atoms with van der Waals surface area (Å²) in [6.07, 6.45) is 1.50. The van der Waals surface area contributed by atoms with Gasteiger partial charge in [0, 0.05) is 10.0 Å². The van der Waals surface area contributed by atoms with Gasteiger partial charge in [-0.2, -0.15) is 0 Å². The molecule has 6 nitrogen and oxygen atoms in total. The number of para-hydroxylation sites is 1. The number of nitrogens with one attached hydrogen (secondary N) is 1. The van der Waals surface area contributed by atoms with Gasteiger partial charge in [0.2, 0.25) is 0 Å². The fraction of sp³-hybridized carbons (Fsp3) is 0.118. The molecule has 0 aliphatic rings. The van der Waals surface area contributed by atoms with Crippen LogP contribution in [0.15, 0.2) is 58.2 Å². The summed E-state index contributed by atoms with van der Waals surface area (Å²) in [5.74, 6) is -0.964. The number of methoxy groups -OCH3 is 1. The highest BCUT2D eigenvalue weighted by molar-refractivity contribution is 9.10. The van der Waals surface area contributed by atoms with Crippen molar-refractivity contribution < 1.29 is 19.2 Å². The third-order valence-corrected chi connectivity index (χ3v) is 3.70. The number of oxime groups is 1. The van der Waals surface area contributed by atoms with Crippen LogP contribution < -0.4 is 5.32 Å². The Labute approximate surface area is 147 Å². The zero-order valence-electron chi connectivity index (χ0n) is 12.9. The first-order chi connectivity index (χ1) is 11.6. The van der Waals surface area contributed by atoms with Crippen molar-refractivity contribution in [3.8, 4) is 0 Å². The van der Waals surface area contributed by atoms with Gasteiger partial charge in [-0.05, 0) is 18.2 Å². The Morgan fingerprint density at radius 1 is 1.17 bits per heavy atom. The van der Waals surface area contributed by atoms with E-state index in [1.165, 1.54) is 13.3 Å². The molecule has 0 fully saturated rings. The predicted octanol–water partition coefficient (Wildman–Crippen LogP) is 3.22. The van der Waals surface area contributed by atoms with Crippen LogP contribution in [0, 0.1) is 0 Å². The summed E-state index contributed by atoms with van der Waals surface area (Å²) < 4.78 is 5.54. The molecule has 0 aliphatic heterocycles. The molecule has 2 aromatic rings. The molecule has 1 N–H and O–H groups in total. The lowest BCUT2D eigenvalue weighted by Crippen LogP contribution is -2.19. The Bertz CT molecular complexity index is 762. The molecule has 0 radical (unpaired) electrons. The molecule has 0 saturated carbocycles. The maximum atomic E-state index is 11.9. The molecule has 0 heterocycles. The van der Waals surface area contributed by atoms with Gasteiger partial charge < -0.3 is 14.9 Å². The van der Waals surface area contributed by atoms with Gasteiger partial charge in [0.05, 0.1) is 24.6 Å². The van der Waals surface area contributed by atoms with Crippen molar-refractivity contribution >= 4 is 39.7 Å². The zero-order valence-corrected chi connectivity index (χ0v) is 14.4. The summed E-state index contributed by atoms with van der Waals surface area (Å²) in [5.41, 5.74) is 1.45. The smallest absolute Gasteiger partial charge is 0.339 e. The summed E-state index contributed by atoms with van der Waals surface area (Å²) in [7, 11) is 1.28. The topological polar surface area (TPSA) is 77.0 Å². The molecule has 0 bridgehead atoms. The Morgan fingerprint density at radius 2 is 1.88 bits per heavy atom. The minimum atomic E-state index is -0.529. The van der Waals surface area contributed by atoms with Gasteiger partial charge in [0.15, 0.2) is 6.61 Å². The van der Waals surface area contributed by atoms with Gasteiger partial charge in [-0.3, -0.25) is 4.79 Å². The SMILES string of the molecule is COC(=O)c1ccccc1NC(=O)CO/N=C\c1ccccc1Br. The van der Waals surface area contributed by atoms with Crippen molar-refractivity contribution in [1.82, 2.24) is 0 Å². The third kappa shape index (κ3) is 4.92. The molecule has 124 valence electrons. The molecule has 0 unspecified atom stereocenters. The normalized spacial score (nSPS) is 10.4. The molecule has 24 heavy (non-hydrogen) atoms. The third-order valence-electron chi connectivity index (χ3n) is 2.97. The van der Waals surface area contributed by atoms with E-state index in [1.807, 2.05) is 24.3 Å². The Kier molecular flexibility index (Phi) is 6.51. The van der Waals surface area contributed by atoms with Gasteiger partial charge in [0.25, 0.3) is 5.91 Å². The maximum Gasteiger partial charge on any atom is 0.339 e. The van der Waals surface area contributed by atoms with E-state index in [-0.39, 0.29) is 12.2 Å². The van der Waals surface area contributed by atoms with E-state index in [9.17, 15) is 9.59 Å². The summed E-state index contributed by atoms with van der Waals surface area (Å²) in [6.45, 7) is -0.281. The molecule has 2 aromatic carbocycles. The number of esters is 1. The quantitative estimate of drug-likeness (QED) is 0.466. The Hall–Kier alpha value is -2.67. The van der Waals surface area contributed by atoms with Gasteiger partial charge in [0.1, 0.15) is 0 Å². The van der Waals surface area contributed by atoms with E-state index >= 15 is 0 Å². The van der Waals surface area contributed by atoms with Crippen LogP contribution in [0.1, 0.15) is 15.9 Å². The summed E-state index contributed by atoms with van der Waals surface area (Å²) >= 11 is 3.38. The van der Waals surface area contributed by atoms with Crippen molar-refractivity contribution in [2.24, 2.45) is 5.16 Å². The van der Waals surface area contributed by atoms with Crippen molar-refractivity contribution in [2.75, 3.05) is 19.0 Å². The fourth-order valence-electron chi connectivity index (χ4n) is 1.84. The molecule has 7 heteroatoms. The summed E-state index contributed by atoms with van der Waals surface area (Å²) in [6, 6.07) is 14.0. The average Bonchev–Trinajstić information content (AvgIpc) is 2.60. The number of benzene rings is 2. The number of hydrogen-bond donors (Lipinski definition) is 1. The predicted molar refractivity (Wildman–Crippen MR) is 94.1 cm³/mol. The van der Waals surface area contributed by atoms with Gasteiger partial charge in [-0.1, -0.05) is 51.4 Å². The number of carbonyl (C=O) groups is 2. The molecule has 0 spiro atoms. The van der Waals surface area contributed by atoms with Crippen LogP contribution in [0.4, 0.5) is 5.69 Å². The Morgan fingerprint density at radius 3 is 2.62 bits per heavy atom. The second-order valence-corrected chi connectivity index (χ2v) is 5.47. The van der Waals surface area contributed by atoms with E-state index in [4.69, 9.17) is 4.84 Å². The van der Waals surface area contributed by atoms with Crippen LogP contribution in [-0.4, -0.2) is 31.8 Å². The summed E-state index contributed by atoms with van der Waals surface area (Å²) in [5, 5.41) is 6.34. The van der Waals surface area contributed by atoms with E-state index in [2.05, 4.69) is 31.1 Å². The van der Waals surface area contributed by atoms with Crippen LogP contribution in [-0.2, 0) is 14.4 Å². The van der Waals surface area contributed by atoms with Crippen LogP contribution >= 0.6 is 15.9 Å². The van der Waals surface area contributed by atoms with Crippen LogP contribution in [0.25, 0.3) is 0 Å². The number of carbonyl (C=O) groups excluding carboxylic acids is 2. The number of anilines is 1. The van der Waals surface area contributed by atoms with Crippen LogP contribution in [0.5, 0.6) is 0 Å². The van der Waals surface area contributed by atoms with E-state index < -0.39 is 11.9 Å². The highest BCUT2D eigenvalue weighted by Crippen LogP contribution is 2.16. The lowest BCUT2D eigenvalue weighted by Gasteiger charge is -2.08. The monoisotopic (exact) mass is 390 g/mol. The highest BCUT2D eigenvalue weighted by Gasteiger charge is 2.13. The molecule has 2 rings (SSSR count). The molecule has 0 aromatic heterocycles. The van der Waals surface area contributed by atoms with E-state index in [0.29, 0.717) is 5.69 Å². The minimum Gasteiger partial charge on any atom is -0.465 e. The van der Waals surface area contributed by atoms with Crippen molar-refractivity contribution in [3.05, 3.63) is 64.1 Å². The molecule has 0 aliphatic carbocycles. The number of ether oxygens (including phenoxy) is 1. The van der Waals surface area contributed by atoms with Crippen molar-refractivity contribution in [3.63, 3.8) is 0 Å². The van der Waals surface area contributed by atoms with Gasteiger partial charge >= 0.3 is 5.97 Å². The van der Waals surface area contributed by atoms with Gasteiger partial charge in [-0.25, -0.2) is 4.79 Å². The molecular weight excluding hydrogens is 376 g/mol. The van der Waals surface area contributed by atoms with Crippen molar-refractivity contribution in [2.45, 2.75) is 0 Å². The van der Waals surface area contributed by atoms with Gasteiger partial charge in [-0.15, -0.1) is 0 Å². The molecule has 0 saturated heterocycles. The first-order valence-electron chi connectivity index (χ1n) is 6.99. The zero-order chi connectivity index (χ0) is 17.4. The second-order valence-electron chi connectivity index (χ2n) is 4.61. The van der Waals surface area contributed by atoms with E-state index in [1.54, 1.807) is 24.3 Å². The average molecular weight is 391 g/mol. The molecular formula is C17H15BrN2O4. The highest BCUT2D eigenvalue weighted by atomic mass is 79.9. The standard InChI is InChI=1S/C17H15BrN2O4/c1-23-17(22)13-7-3-5-9-15(13)20-16(21)11-24-19-10-12-6-2-4-8-14(12)18/h2-10H,11H2,1H3,(H,20,21)/b19-10-.